The van der Waals surface area contributed by atoms with Crippen LogP contribution in [0.1, 0.15) is 84.5 Å². The van der Waals surface area contributed by atoms with Crippen LogP contribution in [0.15, 0.2) is 12.2 Å². The molecule has 0 aromatic heterocycles. The summed E-state index contributed by atoms with van der Waals surface area (Å²) < 4.78 is 0. The lowest BCUT2D eigenvalue weighted by Crippen LogP contribution is -2.35. The Kier molecular flexibility index (Phi) is 8.97. The molecule has 2 aliphatic rings. The van der Waals surface area contributed by atoms with E-state index in [0.717, 1.165) is 38.5 Å². The van der Waals surface area contributed by atoms with Crippen molar-refractivity contribution in [3.63, 3.8) is 0 Å². The smallest absolute Gasteiger partial charge is 0.303 e. The van der Waals surface area contributed by atoms with Crippen LogP contribution >= 0.6 is 0 Å². The van der Waals surface area contributed by atoms with Crippen LogP contribution in [0, 0.1) is 17.8 Å². The minimum absolute atomic E-state index is 0.213. The van der Waals surface area contributed by atoms with E-state index in [1.807, 2.05) is 0 Å². The summed E-state index contributed by atoms with van der Waals surface area (Å²) in [7, 11) is 0. The van der Waals surface area contributed by atoms with Gasteiger partial charge >= 0.3 is 5.97 Å². The number of carboxylic acids is 1. The summed E-state index contributed by atoms with van der Waals surface area (Å²) in [5, 5.41) is 8.93. The molecule has 0 aromatic carbocycles. The van der Waals surface area contributed by atoms with Gasteiger partial charge in [-0.2, -0.15) is 0 Å². The van der Waals surface area contributed by atoms with Gasteiger partial charge in [0.25, 0.3) is 0 Å². The van der Waals surface area contributed by atoms with Crippen LogP contribution in [0.3, 0.4) is 0 Å². The zero-order valence-corrected chi connectivity index (χ0v) is 16.0. The Morgan fingerprint density at radius 1 is 1.08 bits per heavy atom. The van der Waals surface area contributed by atoms with Gasteiger partial charge in [-0.15, -0.1) is 0 Å². The Labute approximate surface area is 152 Å². The normalized spacial score (nSPS) is 29.5. The topological polar surface area (TPSA) is 55.8 Å². The Hall–Kier alpha value is -0.870. The molecule has 0 aromatic rings. The van der Waals surface area contributed by atoms with E-state index >= 15 is 0 Å². The number of unbranched alkanes of at least 4 members (excludes halogenated alkanes) is 3. The molecule has 4 heteroatoms. The number of carboxylic acid groups (broad SMARTS) is 1. The zero-order chi connectivity index (χ0) is 18.1. The van der Waals surface area contributed by atoms with Crippen molar-refractivity contribution < 1.29 is 19.7 Å². The van der Waals surface area contributed by atoms with Crippen molar-refractivity contribution in [2.75, 3.05) is 0 Å². The van der Waals surface area contributed by atoms with E-state index in [9.17, 15) is 4.79 Å². The van der Waals surface area contributed by atoms with Gasteiger partial charge in [0.15, 0.2) is 0 Å². The van der Waals surface area contributed by atoms with Crippen LogP contribution in [0.5, 0.6) is 0 Å². The molecule has 4 nitrogen and oxygen atoms in total. The van der Waals surface area contributed by atoms with Gasteiger partial charge in [-0.25, -0.2) is 9.78 Å². The van der Waals surface area contributed by atoms with Crippen LogP contribution in [0.4, 0.5) is 0 Å². The molecule has 0 unspecified atom stereocenters. The first-order valence-corrected chi connectivity index (χ1v) is 10.4. The summed E-state index contributed by atoms with van der Waals surface area (Å²) in [4.78, 5) is 21.9. The predicted octanol–water partition coefficient (Wildman–Crippen LogP) is 5.52. The number of fused-ring (bicyclic) bond motifs is 2. The van der Waals surface area contributed by atoms with Crippen LogP contribution in [-0.4, -0.2) is 23.3 Å². The van der Waals surface area contributed by atoms with Crippen molar-refractivity contribution in [1.29, 1.82) is 0 Å². The van der Waals surface area contributed by atoms with Crippen molar-refractivity contribution in [3.05, 3.63) is 12.2 Å². The maximum Gasteiger partial charge on any atom is 0.303 e. The van der Waals surface area contributed by atoms with E-state index in [1.54, 1.807) is 0 Å². The third kappa shape index (κ3) is 6.10. The summed E-state index contributed by atoms with van der Waals surface area (Å²) in [6.45, 7) is 4.45. The molecule has 0 amide bonds. The molecule has 1 heterocycles. The highest BCUT2D eigenvalue weighted by molar-refractivity contribution is 5.66. The van der Waals surface area contributed by atoms with Crippen molar-refractivity contribution in [2.45, 2.75) is 96.7 Å². The largest absolute Gasteiger partial charge is 0.481 e. The van der Waals surface area contributed by atoms with Crippen molar-refractivity contribution in [3.8, 4) is 0 Å². The lowest BCUT2D eigenvalue weighted by atomic mass is 9.76. The molecule has 0 spiro atoms. The summed E-state index contributed by atoms with van der Waals surface area (Å²) in [6.07, 6.45) is 16.6. The maximum atomic E-state index is 10.8. The zero-order valence-electron chi connectivity index (χ0n) is 16.0. The molecular formula is C21H36O4. The second kappa shape index (κ2) is 11.0. The highest BCUT2D eigenvalue weighted by Crippen LogP contribution is 2.49. The lowest BCUT2D eigenvalue weighted by molar-refractivity contribution is -0.345. The molecular weight excluding hydrogens is 316 g/mol. The molecule has 2 rings (SSSR count). The minimum atomic E-state index is -0.686. The minimum Gasteiger partial charge on any atom is -0.481 e. The van der Waals surface area contributed by atoms with E-state index in [4.69, 9.17) is 14.9 Å². The van der Waals surface area contributed by atoms with E-state index in [1.165, 1.54) is 25.7 Å². The van der Waals surface area contributed by atoms with Crippen molar-refractivity contribution >= 4 is 5.97 Å². The maximum absolute atomic E-state index is 10.8. The molecule has 1 saturated carbocycles. The summed E-state index contributed by atoms with van der Waals surface area (Å²) in [5.41, 5.74) is 0. The van der Waals surface area contributed by atoms with Gasteiger partial charge in [0.1, 0.15) is 0 Å². The SMILES string of the molecule is CCCCCC=CC[C@@H]1[C@@H]([C@H](CCC)CCCC(=O)O)[C@H]2C[C@H]1OO2. The van der Waals surface area contributed by atoms with Crippen molar-refractivity contribution in [1.82, 2.24) is 0 Å². The average Bonchev–Trinajstić information content (AvgIpc) is 3.18. The first kappa shape index (κ1) is 20.4. The fourth-order valence-corrected chi connectivity index (χ4v) is 4.70. The quantitative estimate of drug-likeness (QED) is 0.269. The molecule has 5 atom stereocenters. The third-order valence-electron chi connectivity index (χ3n) is 5.89. The van der Waals surface area contributed by atoms with E-state index in [-0.39, 0.29) is 18.6 Å². The predicted molar refractivity (Wildman–Crippen MR) is 99.1 cm³/mol. The first-order chi connectivity index (χ1) is 12.2. The molecule has 2 bridgehead atoms. The number of hydrogen-bond donors (Lipinski definition) is 1. The van der Waals surface area contributed by atoms with Crippen molar-refractivity contribution in [2.24, 2.45) is 17.8 Å². The van der Waals surface area contributed by atoms with E-state index in [0.29, 0.717) is 17.8 Å². The van der Waals surface area contributed by atoms with Gasteiger partial charge in [0.05, 0.1) is 12.2 Å². The summed E-state index contributed by atoms with van der Waals surface area (Å²) in [5.74, 6) is 0.923. The monoisotopic (exact) mass is 352 g/mol. The highest BCUT2D eigenvalue weighted by Gasteiger charge is 2.52. The van der Waals surface area contributed by atoms with Crippen LogP contribution in [0.2, 0.25) is 0 Å². The standard InChI is InChI=1S/C21H36O4/c1-3-5-6-7-8-9-13-17-18-15-19(25-24-18)21(17)16(11-4-2)12-10-14-20(22)23/h8-9,16-19,21H,3-7,10-15H2,1-2H3,(H,22,23)/t16-,17+,18-,19-,21-/m1/s1. The fraction of sp³-hybridized carbons (Fsp3) is 0.857. The van der Waals surface area contributed by atoms with Gasteiger partial charge in [0, 0.05) is 12.8 Å². The van der Waals surface area contributed by atoms with Gasteiger partial charge in [0.2, 0.25) is 0 Å². The molecule has 1 aliphatic heterocycles. The lowest BCUT2D eigenvalue weighted by Gasteiger charge is -2.35. The molecule has 2 fully saturated rings. The van der Waals surface area contributed by atoms with E-state index < -0.39 is 5.97 Å². The number of allylic oxidation sites excluding steroid dienone is 2. The fourth-order valence-electron chi connectivity index (χ4n) is 4.70. The average molecular weight is 353 g/mol. The molecule has 1 saturated heterocycles. The second-order valence-electron chi connectivity index (χ2n) is 7.78. The number of rotatable bonds is 13. The van der Waals surface area contributed by atoms with Crippen LogP contribution in [0.25, 0.3) is 0 Å². The Morgan fingerprint density at radius 2 is 1.88 bits per heavy atom. The van der Waals surface area contributed by atoms with Gasteiger partial charge < -0.3 is 5.11 Å². The highest BCUT2D eigenvalue weighted by atomic mass is 17.2. The Balaban J connectivity index is 1.90. The molecule has 25 heavy (non-hydrogen) atoms. The van der Waals surface area contributed by atoms with Crippen LogP contribution in [-0.2, 0) is 14.6 Å². The van der Waals surface area contributed by atoms with Gasteiger partial charge in [-0.3, -0.25) is 4.79 Å². The van der Waals surface area contributed by atoms with Crippen LogP contribution < -0.4 is 0 Å². The number of carbonyl (C=O) groups is 1. The Bertz CT molecular complexity index is 420. The first-order valence-electron chi connectivity index (χ1n) is 10.4. The molecule has 0 radical (unpaired) electrons. The number of hydrogen-bond acceptors (Lipinski definition) is 3. The van der Waals surface area contributed by atoms with Gasteiger partial charge in [-0.1, -0.05) is 51.7 Å². The van der Waals surface area contributed by atoms with Gasteiger partial charge in [-0.05, 0) is 49.9 Å². The third-order valence-corrected chi connectivity index (χ3v) is 5.89. The second-order valence-corrected chi connectivity index (χ2v) is 7.78. The Morgan fingerprint density at radius 3 is 2.60 bits per heavy atom. The molecule has 1 N–H and O–H groups in total. The summed E-state index contributed by atoms with van der Waals surface area (Å²) in [6, 6.07) is 0. The number of aliphatic carboxylic acids is 1. The molecule has 144 valence electrons. The molecule has 1 aliphatic carbocycles. The summed E-state index contributed by atoms with van der Waals surface area (Å²) >= 11 is 0. The van der Waals surface area contributed by atoms with E-state index in [2.05, 4.69) is 26.0 Å².